The summed E-state index contributed by atoms with van der Waals surface area (Å²) in [6, 6.07) is 9.44. The van der Waals surface area contributed by atoms with Crippen molar-refractivity contribution in [3.8, 4) is 0 Å². The summed E-state index contributed by atoms with van der Waals surface area (Å²) in [6.45, 7) is 0.799. The second kappa shape index (κ2) is 6.52. The van der Waals surface area contributed by atoms with Crippen molar-refractivity contribution in [2.24, 2.45) is 0 Å². The van der Waals surface area contributed by atoms with Crippen molar-refractivity contribution in [1.29, 1.82) is 0 Å². The molecule has 0 saturated carbocycles. The summed E-state index contributed by atoms with van der Waals surface area (Å²) >= 11 is 0.980. The zero-order valence-electron chi connectivity index (χ0n) is 13.0. The fraction of sp³-hybridized carbons (Fsp3) is 0.235. The van der Waals surface area contributed by atoms with Gasteiger partial charge in [-0.2, -0.15) is 0 Å². The fourth-order valence-electron chi connectivity index (χ4n) is 2.69. The summed E-state index contributed by atoms with van der Waals surface area (Å²) in [5, 5.41) is 9.51. The minimum absolute atomic E-state index is 0.0956. The molecule has 2 heterocycles. The molecule has 0 bridgehead atoms. The Labute approximate surface area is 141 Å². The first-order chi connectivity index (χ1) is 11.5. The van der Waals surface area contributed by atoms with Crippen LogP contribution in [0.5, 0.6) is 0 Å². The number of rotatable bonds is 5. The highest BCUT2D eigenvalue weighted by molar-refractivity contribution is 7.20. The van der Waals surface area contributed by atoms with E-state index >= 15 is 0 Å². The Morgan fingerprint density at radius 2 is 2.04 bits per heavy atom. The van der Waals surface area contributed by atoms with Crippen molar-refractivity contribution in [2.45, 2.75) is 19.9 Å². The van der Waals surface area contributed by atoms with E-state index in [1.807, 2.05) is 30.3 Å². The van der Waals surface area contributed by atoms with Crippen molar-refractivity contribution in [2.75, 3.05) is 6.67 Å². The van der Waals surface area contributed by atoms with Crippen molar-refractivity contribution in [1.82, 2.24) is 9.55 Å². The second-order valence-corrected chi connectivity index (χ2v) is 6.38. The number of aromatic carboxylic acids is 1. The van der Waals surface area contributed by atoms with Crippen molar-refractivity contribution in [3.05, 3.63) is 62.5 Å². The molecule has 7 heteroatoms. The molecule has 0 atom stereocenters. The van der Waals surface area contributed by atoms with Gasteiger partial charge in [-0.1, -0.05) is 30.3 Å². The van der Waals surface area contributed by atoms with Gasteiger partial charge in [0.05, 0.1) is 11.9 Å². The van der Waals surface area contributed by atoms with E-state index in [0.717, 1.165) is 16.9 Å². The van der Waals surface area contributed by atoms with E-state index in [9.17, 15) is 19.1 Å². The molecule has 0 amide bonds. The average Bonchev–Trinajstić information content (AvgIpc) is 2.89. The number of benzene rings is 1. The number of alkyl halides is 1. The van der Waals surface area contributed by atoms with Gasteiger partial charge in [0, 0.05) is 6.42 Å². The molecular weight excluding hydrogens is 331 g/mol. The molecule has 5 nitrogen and oxygen atoms in total. The number of hydrogen-bond acceptors (Lipinski definition) is 4. The lowest BCUT2D eigenvalue weighted by molar-refractivity contribution is 0.0701. The quantitative estimate of drug-likeness (QED) is 0.771. The number of aryl methyl sites for hydroxylation is 1. The summed E-state index contributed by atoms with van der Waals surface area (Å²) < 4.78 is 14.2. The topological polar surface area (TPSA) is 72.2 Å². The molecule has 0 aliphatic carbocycles. The number of nitrogens with zero attached hydrogens (tertiary/aromatic N) is 2. The van der Waals surface area contributed by atoms with Gasteiger partial charge in [0.2, 0.25) is 0 Å². The molecule has 0 fully saturated rings. The zero-order chi connectivity index (χ0) is 17.3. The number of carboxylic acid groups (broad SMARTS) is 1. The van der Waals surface area contributed by atoms with E-state index in [0.29, 0.717) is 22.6 Å². The lowest BCUT2D eigenvalue weighted by Gasteiger charge is -2.11. The molecule has 1 aromatic carbocycles. The first-order valence-electron chi connectivity index (χ1n) is 7.39. The lowest BCUT2D eigenvalue weighted by Crippen LogP contribution is -2.26. The van der Waals surface area contributed by atoms with Crippen LogP contribution < -0.4 is 5.56 Å². The van der Waals surface area contributed by atoms with Gasteiger partial charge in [-0.05, 0) is 18.1 Å². The summed E-state index contributed by atoms with van der Waals surface area (Å²) in [4.78, 5) is 29.0. The van der Waals surface area contributed by atoms with E-state index in [4.69, 9.17) is 0 Å². The van der Waals surface area contributed by atoms with E-state index in [1.165, 1.54) is 4.57 Å². The first kappa shape index (κ1) is 16.3. The van der Waals surface area contributed by atoms with Gasteiger partial charge < -0.3 is 5.11 Å². The standard InChI is InChI=1S/C17H15FN2O3S/c1-10-13-15(24-14(10)17(22)23)19-12(20(8-7-18)16(13)21)9-11-5-3-2-4-6-11/h2-6H,7-9H2,1H3,(H,22,23). The predicted octanol–water partition coefficient (Wildman–Crippen LogP) is 3.02. The largest absolute Gasteiger partial charge is 0.477 e. The summed E-state index contributed by atoms with van der Waals surface area (Å²) in [6.07, 6.45) is 0.380. The Morgan fingerprint density at radius 1 is 1.33 bits per heavy atom. The highest BCUT2D eigenvalue weighted by Gasteiger charge is 2.21. The molecule has 0 radical (unpaired) electrons. The number of carbonyl (C=O) groups is 1. The Balaban J connectivity index is 2.22. The molecule has 0 spiro atoms. The van der Waals surface area contributed by atoms with Crippen molar-refractivity contribution >= 4 is 27.5 Å². The molecule has 0 unspecified atom stereocenters. The van der Waals surface area contributed by atoms with Crippen LogP contribution in [-0.2, 0) is 13.0 Å². The number of halogens is 1. The Kier molecular flexibility index (Phi) is 4.44. The summed E-state index contributed by atoms with van der Waals surface area (Å²) in [7, 11) is 0. The molecule has 0 aliphatic rings. The number of fused-ring (bicyclic) bond motifs is 1. The molecular formula is C17H15FN2O3S. The smallest absolute Gasteiger partial charge is 0.346 e. The Morgan fingerprint density at radius 3 is 2.67 bits per heavy atom. The number of thiophene rings is 1. The van der Waals surface area contributed by atoms with E-state index < -0.39 is 12.6 Å². The third-order valence-electron chi connectivity index (χ3n) is 3.84. The Hall–Kier alpha value is -2.54. The molecule has 3 rings (SSSR count). The molecule has 24 heavy (non-hydrogen) atoms. The SMILES string of the molecule is Cc1c(C(=O)O)sc2nc(Cc3ccccc3)n(CCF)c(=O)c12. The molecule has 3 aromatic rings. The van der Waals surface area contributed by atoms with Crippen LogP contribution in [0, 0.1) is 6.92 Å². The van der Waals surface area contributed by atoms with Crippen LogP contribution in [0.2, 0.25) is 0 Å². The maximum absolute atomic E-state index is 12.9. The first-order valence-corrected chi connectivity index (χ1v) is 8.20. The van der Waals surface area contributed by atoms with Gasteiger partial charge >= 0.3 is 5.97 Å². The zero-order valence-corrected chi connectivity index (χ0v) is 13.8. The average molecular weight is 346 g/mol. The van der Waals surface area contributed by atoms with Crippen LogP contribution in [0.4, 0.5) is 4.39 Å². The highest BCUT2D eigenvalue weighted by Crippen LogP contribution is 2.27. The fourth-order valence-corrected chi connectivity index (χ4v) is 3.72. The molecule has 0 saturated heterocycles. The number of aromatic nitrogens is 2. The molecule has 1 N–H and O–H groups in total. The van der Waals surface area contributed by atoms with Gasteiger partial charge in [0.15, 0.2) is 0 Å². The van der Waals surface area contributed by atoms with E-state index in [1.54, 1.807) is 6.92 Å². The van der Waals surface area contributed by atoms with Crippen molar-refractivity contribution in [3.63, 3.8) is 0 Å². The monoisotopic (exact) mass is 346 g/mol. The van der Waals surface area contributed by atoms with Crippen LogP contribution in [0.25, 0.3) is 10.2 Å². The van der Waals surface area contributed by atoms with Gasteiger partial charge in [0.25, 0.3) is 5.56 Å². The maximum atomic E-state index is 12.9. The van der Waals surface area contributed by atoms with Crippen LogP contribution in [0.1, 0.15) is 26.6 Å². The van der Waals surface area contributed by atoms with E-state index in [-0.39, 0.29) is 22.4 Å². The van der Waals surface area contributed by atoms with Crippen molar-refractivity contribution < 1.29 is 14.3 Å². The minimum Gasteiger partial charge on any atom is -0.477 e. The second-order valence-electron chi connectivity index (χ2n) is 5.38. The van der Waals surface area contributed by atoms with Crippen LogP contribution >= 0.6 is 11.3 Å². The van der Waals surface area contributed by atoms with Gasteiger partial charge in [0.1, 0.15) is 22.2 Å². The normalized spacial score (nSPS) is 11.1. The van der Waals surface area contributed by atoms with E-state index in [2.05, 4.69) is 4.98 Å². The lowest BCUT2D eigenvalue weighted by atomic mass is 10.1. The molecule has 124 valence electrons. The summed E-state index contributed by atoms with van der Waals surface area (Å²) in [5.41, 5.74) is 0.951. The number of hydrogen-bond donors (Lipinski definition) is 1. The van der Waals surface area contributed by atoms with Crippen LogP contribution in [0.3, 0.4) is 0 Å². The molecule has 2 aromatic heterocycles. The third kappa shape index (κ3) is 2.82. The van der Waals surface area contributed by atoms with Crippen LogP contribution in [0.15, 0.2) is 35.1 Å². The third-order valence-corrected chi connectivity index (χ3v) is 5.01. The predicted molar refractivity (Wildman–Crippen MR) is 90.8 cm³/mol. The van der Waals surface area contributed by atoms with Gasteiger partial charge in [-0.15, -0.1) is 11.3 Å². The van der Waals surface area contributed by atoms with Gasteiger partial charge in [-0.3, -0.25) is 9.36 Å². The number of carboxylic acids is 1. The minimum atomic E-state index is -1.09. The summed E-state index contributed by atoms with van der Waals surface area (Å²) in [5.74, 6) is -0.647. The van der Waals surface area contributed by atoms with Gasteiger partial charge in [-0.25, -0.2) is 14.2 Å². The maximum Gasteiger partial charge on any atom is 0.346 e. The van der Waals surface area contributed by atoms with Crippen LogP contribution in [-0.4, -0.2) is 27.3 Å². The Bertz CT molecular complexity index is 963. The highest BCUT2D eigenvalue weighted by atomic mass is 32.1. The molecule has 0 aliphatic heterocycles.